The molecule has 0 N–H and O–H groups in total. The highest BCUT2D eigenvalue weighted by molar-refractivity contribution is 7.12. The molecule has 0 saturated heterocycles. The third-order valence-corrected chi connectivity index (χ3v) is 3.32. The van der Waals surface area contributed by atoms with E-state index in [9.17, 15) is 9.59 Å². The van der Waals surface area contributed by atoms with Crippen molar-refractivity contribution in [1.82, 2.24) is 0 Å². The number of methoxy groups -OCH3 is 1. The van der Waals surface area contributed by atoms with E-state index in [4.69, 9.17) is 4.74 Å². The summed E-state index contributed by atoms with van der Waals surface area (Å²) in [7, 11) is 1.37. The van der Waals surface area contributed by atoms with E-state index in [2.05, 4.69) is 0 Å². The maximum absolute atomic E-state index is 11.5. The predicted molar refractivity (Wildman–Crippen MR) is 59.4 cm³/mol. The third kappa shape index (κ3) is 2.45. The van der Waals surface area contributed by atoms with E-state index in [1.807, 2.05) is 18.4 Å². The molecular weight excluding hydrogens is 212 g/mol. The monoisotopic (exact) mass is 226 g/mol. The van der Waals surface area contributed by atoms with Crippen molar-refractivity contribution in [3.8, 4) is 0 Å². The number of ketones is 1. The zero-order chi connectivity index (χ0) is 11.4. The second-order valence-corrected chi connectivity index (χ2v) is 4.16. The predicted octanol–water partition coefficient (Wildman–Crippen LogP) is 2.62. The van der Waals surface area contributed by atoms with Gasteiger partial charge in [-0.15, -0.1) is 11.3 Å². The molecule has 1 heterocycles. The molecule has 0 aliphatic rings. The summed E-state index contributed by atoms with van der Waals surface area (Å²) in [6.07, 6.45) is 0.643. The summed E-state index contributed by atoms with van der Waals surface area (Å²) in [6.45, 7) is 3.42. The molecule has 15 heavy (non-hydrogen) atoms. The Balaban J connectivity index is 3.07. The van der Waals surface area contributed by atoms with Gasteiger partial charge in [0.1, 0.15) is 0 Å². The molecule has 0 aliphatic carbocycles. The van der Waals surface area contributed by atoms with Crippen LogP contribution in [-0.4, -0.2) is 18.9 Å². The summed E-state index contributed by atoms with van der Waals surface area (Å²) >= 11 is 1.37. The first-order chi connectivity index (χ1) is 7.11. The molecule has 3 nitrogen and oxygen atoms in total. The Morgan fingerprint density at radius 3 is 2.67 bits per heavy atom. The van der Waals surface area contributed by atoms with E-state index >= 15 is 0 Å². The van der Waals surface area contributed by atoms with E-state index in [0.29, 0.717) is 11.3 Å². The molecule has 1 aromatic rings. The average molecular weight is 226 g/mol. The number of thiophene rings is 1. The zero-order valence-corrected chi connectivity index (χ0v) is 9.89. The van der Waals surface area contributed by atoms with E-state index < -0.39 is 0 Å². The summed E-state index contributed by atoms with van der Waals surface area (Å²) in [6, 6.07) is 1.83. The van der Waals surface area contributed by atoms with Crippen LogP contribution in [0.25, 0.3) is 0 Å². The minimum atomic E-state index is -0.319. The number of carbonyl (C=O) groups excluding carboxylic acids is 2. The number of esters is 1. The Morgan fingerprint density at radius 2 is 2.20 bits per heavy atom. The Bertz CT molecular complexity index is 368. The van der Waals surface area contributed by atoms with Crippen molar-refractivity contribution in [2.24, 2.45) is 0 Å². The van der Waals surface area contributed by atoms with Crippen molar-refractivity contribution in [2.75, 3.05) is 7.11 Å². The van der Waals surface area contributed by atoms with Crippen molar-refractivity contribution in [2.45, 2.75) is 26.2 Å². The first kappa shape index (κ1) is 11.9. The Kier molecular flexibility index (Phi) is 4.03. The molecule has 1 rings (SSSR count). The first-order valence-corrected chi connectivity index (χ1v) is 5.65. The Labute approximate surface area is 93.1 Å². The molecule has 0 aromatic carbocycles. The fourth-order valence-corrected chi connectivity index (χ4v) is 2.40. The maximum atomic E-state index is 11.5. The van der Waals surface area contributed by atoms with Gasteiger partial charge in [0.15, 0.2) is 5.78 Å². The van der Waals surface area contributed by atoms with Gasteiger partial charge in [-0.2, -0.15) is 0 Å². The van der Waals surface area contributed by atoms with Gasteiger partial charge in [-0.25, -0.2) is 0 Å². The fraction of sp³-hybridized carbons (Fsp3) is 0.455. The highest BCUT2D eigenvalue weighted by Crippen LogP contribution is 2.28. The molecule has 0 radical (unpaired) electrons. The molecule has 0 spiro atoms. The molecule has 0 aliphatic heterocycles. The number of ether oxygens (including phenoxy) is 1. The average Bonchev–Trinajstić information content (AvgIpc) is 2.67. The van der Waals surface area contributed by atoms with Crippen LogP contribution >= 0.6 is 11.3 Å². The number of rotatable bonds is 4. The summed E-state index contributed by atoms with van der Waals surface area (Å²) in [5, 5.41) is 1.83. The van der Waals surface area contributed by atoms with Gasteiger partial charge in [0.2, 0.25) is 0 Å². The van der Waals surface area contributed by atoms with E-state index in [-0.39, 0.29) is 17.7 Å². The van der Waals surface area contributed by atoms with E-state index in [1.165, 1.54) is 25.4 Å². The van der Waals surface area contributed by atoms with Crippen LogP contribution in [0.2, 0.25) is 0 Å². The van der Waals surface area contributed by atoms with Gasteiger partial charge in [0.25, 0.3) is 0 Å². The third-order valence-electron chi connectivity index (χ3n) is 2.28. The molecule has 4 heteroatoms. The summed E-state index contributed by atoms with van der Waals surface area (Å²) in [4.78, 5) is 23.5. The molecule has 0 fully saturated rings. The second kappa shape index (κ2) is 5.07. The van der Waals surface area contributed by atoms with Gasteiger partial charge in [0.05, 0.1) is 17.9 Å². The Morgan fingerprint density at radius 1 is 1.53 bits per heavy atom. The molecule has 1 atom stereocenters. The highest BCUT2D eigenvalue weighted by Gasteiger charge is 2.24. The second-order valence-electron chi connectivity index (χ2n) is 3.25. The lowest BCUT2D eigenvalue weighted by Crippen LogP contribution is -2.14. The van der Waals surface area contributed by atoms with Crippen LogP contribution in [0, 0.1) is 0 Å². The van der Waals surface area contributed by atoms with Gasteiger partial charge in [-0.05, 0) is 30.4 Å². The minimum Gasteiger partial charge on any atom is -0.469 e. The Hall–Kier alpha value is -1.16. The van der Waals surface area contributed by atoms with Crippen LogP contribution in [-0.2, 0) is 9.53 Å². The van der Waals surface area contributed by atoms with Gasteiger partial charge < -0.3 is 4.74 Å². The lowest BCUT2D eigenvalue weighted by Gasteiger charge is -2.12. The van der Waals surface area contributed by atoms with Crippen LogP contribution < -0.4 is 0 Å². The van der Waals surface area contributed by atoms with Crippen molar-refractivity contribution in [1.29, 1.82) is 0 Å². The summed E-state index contributed by atoms with van der Waals surface area (Å²) < 4.78 is 4.72. The topological polar surface area (TPSA) is 43.4 Å². The molecule has 1 aromatic heterocycles. The van der Waals surface area contributed by atoms with Crippen molar-refractivity contribution >= 4 is 23.1 Å². The van der Waals surface area contributed by atoms with Crippen LogP contribution in [0.4, 0.5) is 0 Å². The maximum Gasteiger partial charge on any atom is 0.313 e. The lowest BCUT2D eigenvalue weighted by atomic mass is 9.96. The number of carbonyl (C=O) groups is 2. The fourth-order valence-electron chi connectivity index (χ4n) is 1.54. The summed E-state index contributed by atoms with van der Waals surface area (Å²) in [5.41, 5.74) is 0.793. The molecule has 82 valence electrons. The van der Waals surface area contributed by atoms with E-state index in [1.54, 1.807) is 0 Å². The summed E-state index contributed by atoms with van der Waals surface area (Å²) in [5.74, 6) is -0.596. The SMILES string of the molecule is CCC(C(=O)OC)c1ccsc1C(C)=O. The highest BCUT2D eigenvalue weighted by atomic mass is 32.1. The van der Waals surface area contributed by atoms with Crippen molar-refractivity contribution in [3.63, 3.8) is 0 Å². The van der Waals surface area contributed by atoms with Crippen molar-refractivity contribution < 1.29 is 14.3 Å². The standard InChI is InChI=1S/C11H14O3S/c1-4-8(11(13)14-3)9-5-6-15-10(9)7(2)12/h5-6,8H,4H2,1-3H3. The van der Waals surface area contributed by atoms with Crippen LogP contribution in [0.1, 0.15) is 41.4 Å². The quantitative estimate of drug-likeness (QED) is 0.585. The number of hydrogen-bond acceptors (Lipinski definition) is 4. The van der Waals surface area contributed by atoms with E-state index in [0.717, 1.165) is 5.56 Å². The van der Waals surface area contributed by atoms with Crippen molar-refractivity contribution in [3.05, 3.63) is 21.9 Å². The largest absolute Gasteiger partial charge is 0.469 e. The lowest BCUT2D eigenvalue weighted by molar-refractivity contribution is -0.142. The molecule has 1 unspecified atom stereocenters. The molecule has 0 bridgehead atoms. The van der Waals surface area contributed by atoms with Crippen LogP contribution in [0.3, 0.4) is 0 Å². The van der Waals surface area contributed by atoms with Crippen LogP contribution in [0.15, 0.2) is 11.4 Å². The minimum absolute atomic E-state index is 0.00218. The van der Waals surface area contributed by atoms with Gasteiger partial charge >= 0.3 is 5.97 Å². The smallest absolute Gasteiger partial charge is 0.313 e. The van der Waals surface area contributed by atoms with Gasteiger partial charge in [-0.1, -0.05) is 6.92 Å². The van der Waals surface area contributed by atoms with Crippen LogP contribution in [0.5, 0.6) is 0 Å². The van der Waals surface area contributed by atoms with Gasteiger partial charge in [0, 0.05) is 0 Å². The molecule has 0 saturated carbocycles. The zero-order valence-electron chi connectivity index (χ0n) is 9.07. The van der Waals surface area contributed by atoms with Gasteiger partial charge in [-0.3, -0.25) is 9.59 Å². The molecule has 0 amide bonds. The number of hydrogen-bond donors (Lipinski definition) is 0. The molecular formula is C11H14O3S. The number of Topliss-reactive ketones (excluding diaryl/α,β-unsaturated/α-hetero) is 1. The first-order valence-electron chi connectivity index (χ1n) is 4.78. The normalized spacial score (nSPS) is 12.2.